The molecule has 12 aliphatic carbocycles. The number of Topliss-reactive ketones (excluding diaryl/α,β-unsaturated/α-hetero) is 3. The van der Waals surface area contributed by atoms with Gasteiger partial charge in [0, 0.05) is 56.1 Å². The Kier molecular flexibility index (Phi) is 35.2. The van der Waals surface area contributed by atoms with Gasteiger partial charge in [-0.15, -0.1) is 0 Å². The number of carbonyl (C=O) groups excluding carboxylic acids is 4. The van der Waals surface area contributed by atoms with E-state index in [1.54, 1.807) is 27.5 Å². The fourth-order valence-electron chi connectivity index (χ4n) is 29.4. The van der Waals surface area contributed by atoms with Crippen LogP contribution in [-0.4, -0.2) is 154 Å². The molecule has 18 rings (SSSR count). The van der Waals surface area contributed by atoms with Crippen molar-refractivity contribution in [1.82, 2.24) is 29.8 Å². The second-order valence-electron chi connectivity index (χ2n) is 40.0. The number of H-pyrrole nitrogens is 1. The van der Waals surface area contributed by atoms with Crippen molar-refractivity contribution in [2.24, 2.45) is 121 Å². The maximum absolute atomic E-state index is 13.9. The number of para-hydroxylation sites is 2. The number of halogens is 1. The smallest absolute Gasteiger partial charge is 1.00 e. The van der Waals surface area contributed by atoms with Gasteiger partial charge in [0.2, 0.25) is 0 Å². The molecule has 121 heavy (non-hydrogen) atoms. The third-order valence-corrected chi connectivity index (χ3v) is 35.0. The maximum Gasteiger partial charge on any atom is 1.00 e. The minimum absolute atomic E-state index is 0. The number of ketones is 3. The zero-order valence-corrected chi connectivity index (χ0v) is 81.2. The molecule has 3 aromatic heterocycles. The van der Waals surface area contributed by atoms with Crippen LogP contribution in [0.3, 0.4) is 0 Å². The second kappa shape index (κ2) is 41.7. The van der Waals surface area contributed by atoms with E-state index in [9.17, 15) is 29.7 Å². The van der Waals surface area contributed by atoms with Gasteiger partial charge in [0.1, 0.15) is 40.6 Å². The van der Waals surface area contributed by atoms with Crippen LogP contribution in [0.1, 0.15) is 239 Å². The summed E-state index contributed by atoms with van der Waals surface area (Å²) >= 11 is 3.43. The van der Waals surface area contributed by atoms with E-state index in [1.807, 2.05) is 118 Å². The molecule has 4 N–H and O–H groups in total. The molecule has 21 nitrogen and oxygen atoms in total. The Bertz CT molecular complexity index is 4440. The van der Waals surface area contributed by atoms with E-state index in [4.69, 9.17) is 43.6 Å². The molecule has 0 unspecified atom stereocenters. The van der Waals surface area contributed by atoms with E-state index in [-0.39, 0.29) is 183 Å². The van der Waals surface area contributed by atoms with E-state index in [1.165, 1.54) is 70.6 Å². The van der Waals surface area contributed by atoms with Crippen molar-refractivity contribution in [1.29, 1.82) is 0 Å². The Morgan fingerprint density at radius 2 is 0.901 bits per heavy atom. The number of ether oxygens (including phenoxy) is 6. The predicted molar refractivity (Wildman–Crippen MR) is 469 cm³/mol. The number of nitrogens with zero attached hydrogens (tertiary/aromatic N) is 5. The van der Waals surface area contributed by atoms with E-state index in [2.05, 4.69) is 56.9 Å². The molecule has 664 valence electrons. The van der Waals surface area contributed by atoms with Gasteiger partial charge in [-0.3, -0.25) is 33.6 Å². The van der Waals surface area contributed by atoms with E-state index < -0.39 is 16.8 Å². The Morgan fingerprint density at radius 1 is 0.504 bits per heavy atom. The van der Waals surface area contributed by atoms with Crippen LogP contribution in [-0.2, 0) is 51.4 Å². The number of benzene rings is 3. The van der Waals surface area contributed by atoms with Crippen molar-refractivity contribution in [2.45, 2.75) is 267 Å². The van der Waals surface area contributed by atoms with Gasteiger partial charge in [0.25, 0.3) is 6.47 Å². The molecule has 0 bridgehead atoms. The second-order valence-corrected chi connectivity index (χ2v) is 40.6. The molecule has 12 saturated carbocycles. The monoisotopic (exact) mass is 1790 g/mol. The molecule has 0 amide bonds. The van der Waals surface area contributed by atoms with Crippen LogP contribution in [0.2, 0.25) is 0 Å². The van der Waals surface area contributed by atoms with Crippen molar-refractivity contribution in [2.75, 3.05) is 67.8 Å². The molecule has 24 heteroatoms. The molecule has 0 spiro atoms. The third kappa shape index (κ3) is 19.5. The van der Waals surface area contributed by atoms with Crippen molar-refractivity contribution in [3.05, 3.63) is 73.2 Å². The normalized spacial score (nSPS) is 37.9. The van der Waals surface area contributed by atoms with Crippen LogP contribution in [0.25, 0.3) is 32.7 Å². The summed E-state index contributed by atoms with van der Waals surface area (Å²) in [4.78, 5) is 51.5. The average Bonchev–Trinajstić information content (AvgIpc) is 1.37. The van der Waals surface area contributed by atoms with Crippen molar-refractivity contribution in [3.8, 4) is 17.2 Å². The summed E-state index contributed by atoms with van der Waals surface area (Å²) in [6.45, 7) is 16.3. The number of methoxy groups -OCH3 is 6. The Morgan fingerprint density at radius 3 is 1.31 bits per heavy atom. The number of fused-ring (bicyclic) bond motifs is 18. The maximum atomic E-state index is 13.9. The zero-order chi connectivity index (χ0) is 82.5. The Labute approximate surface area is 817 Å². The van der Waals surface area contributed by atoms with Gasteiger partial charge in [-0.25, -0.2) is 0 Å². The number of aromatic amines is 1. The Hall–Kier alpha value is -2.58. The van der Waals surface area contributed by atoms with Crippen molar-refractivity contribution in [3.63, 3.8) is 0 Å². The number of alkyl halides is 1. The fourth-order valence-corrected chi connectivity index (χ4v) is 29.8. The molecule has 0 aliphatic heterocycles. The predicted octanol–water partition coefficient (Wildman–Crippen LogP) is 12.3. The molecular weight excluding hydrogens is 1650 g/mol. The largest absolute Gasteiger partial charge is 1.00 e. The number of rotatable bonds is 18. The Balaban J connectivity index is 0.000000206. The molecule has 6 aromatic rings. The van der Waals surface area contributed by atoms with Gasteiger partial charge >= 0.3 is 103 Å². The van der Waals surface area contributed by atoms with Gasteiger partial charge in [-0.1, -0.05) is 89.3 Å². The number of aliphatic hydroxyl groups is 3. The molecule has 3 heterocycles. The first kappa shape index (κ1) is 102. The summed E-state index contributed by atoms with van der Waals surface area (Å²) in [6, 6.07) is 17.6. The third-order valence-electron chi connectivity index (χ3n) is 34.4. The molecule has 3 aromatic carbocycles. The first-order chi connectivity index (χ1) is 55.5. The summed E-state index contributed by atoms with van der Waals surface area (Å²) < 4.78 is 37.5. The SMILES string of the molecule is C.C.C.COC[C@]12CC[C@@](C)(O)C[C@@H]1CC[C@H]1[C@@H]3CC[C@H](C(=O)CBr)[C@@]3(C)CC[C@@H]12.COC[C@]12CC[C@@](C)(O)C[C@@H]1CC[C@H]1[C@@H]3CC[C@H](C(=O)Cn4cc5c(OC)cccc5n4)[C@@]3(C)CC[C@@H]12.COC[C@]12CC[C@@](C)(O)C[C@@H]1CC[C@H]1[C@@H]3CC[C@H](C(=O)Cn4ncc5cccc(OC)c54)[C@@]3(C)CC[C@@H]12.COc1cccc2cn[nH]c12.O=CO[O-].[H-].[K+].[K+]. The van der Waals surface area contributed by atoms with Crippen LogP contribution in [0, 0.1) is 121 Å². The minimum Gasteiger partial charge on any atom is -1.00 e. The number of hydrogen-bond acceptors (Lipinski definition) is 18. The number of hydrogen-bond donors (Lipinski definition) is 4. The van der Waals surface area contributed by atoms with Gasteiger partial charge < -0.3 is 55.3 Å². The first-order valence-electron chi connectivity index (χ1n) is 44.0. The molecule has 0 radical (unpaired) electrons. The van der Waals surface area contributed by atoms with Crippen molar-refractivity contribution < 1.29 is 177 Å². The molecule has 12 aliphatic rings. The summed E-state index contributed by atoms with van der Waals surface area (Å²) in [5, 5.41) is 60.5. The van der Waals surface area contributed by atoms with Crippen molar-refractivity contribution >= 4 is 72.5 Å². The van der Waals surface area contributed by atoms with Crippen LogP contribution in [0.5, 0.6) is 17.2 Å². The molecule has 24 atom stereocenters. The summed E-state index contributed by atoms with van der Waals surface area (Å²) in [6.07, 6.45) is 35.3. The van der Waals surface area contributed by atoms with Crippen LogP contribution < -0.4 is 122 Å². The van der Waals surface area contributed by atoms with Gasteiger partial charge in [0.15, 0.2) is 11.6 Å². The van der Waals surface area contributed by atoms with E-state index in [0.29, 0.717) is 101 Å². The molecular formula is C97H147BrK2N6O15. The van der Waals surface area contributed by atoms with Gasteiger partial charge in [-0.05, 0) is 322 Å². The quantitative estimate of drug-likeness (QED) is 0.0204. The van der Waals surface area contributed by atoms with E-state index >= 15 is 0 Å². The first-order valence-corrected chi connectivity index (χ1v) is 45.1. The number of nitrogens with one attached hydrogen (secondary N) is 1. The van der Waals surface area contributed by atoms with Crippen LogP contribution >= 0.6 is 15.9 Å². The minimum atomic E-state index is -0.540. The summed E-state index contributed by atoms with van der Waals surface area (Å²) in [5.74, 6) is 11.6. The standard InChI is InChI=1S/2C31H44N2O4.C23H37BrO3.C8H8N2O.CH2O3.3CH4.2K.H/c1-29(35)14-15-31(19-36-3)20(16-29)8-9-21-23-10-11-25(30(23,2)13-12-24(21)31)27(34)18-33-17-22-26(32-33)6-5-7-28(22)37-4;1-29(35)14-15-31(19-36-3)21(16-29)8-9-22-23-10-11-25(30(23,2)13-12-24(22)31)26(34)18-33-28-20(17-32-33)6-5-7-27(28)37-4;1-21(26)10-11-23(14-27-3)15(12-21)4-5-16-17-6-7-19(20(25)13-24)22(17,2)9-8-18(16)23;1-11-7-4-2-3-6-5-9-10-8(6)7;2-1-4-3;;;;;;/h5-7,17,20-21,23-25,35H,8-16,18-19H2,1-4H3;5-7,17,21-25,35H,8-16,18-19H2,1-4H3;15-19,26H,4-14H2,1-3H3;2-5H,1H3,(H,9,10);1,3H;3*1H4;;;/q;;;;;;;;2*+1;-1/p-1/t20-,21-,23-,24-,25+,29+,30-,31+;21-,22-,23-,24-,25+,29+,30-,31+;15-,16-,17-,18-,19+,21+,22-,23+;;;;;;;;/m000......../s1. The number of carbonyl (C=O) groups is 4. The number of aromatic nitrogens is 6. The van der Waals surface area contributed by atoms with Gasteiger partial charge in [-0.2, -0.15) is 15.3 Å². The van der Waals surface area contributed by atoms with Crippen LogP contribution in [0.15, 0.2) is 73.2 Å². The topological polar surface area (TPSA) is 281 Å². The molecule has 12 fully saturated rings. The van der Waals surface area contributed by atoms with Gasteiger partial charge in [0.05, 0.1) is 93.1 Å². The average molecular weight is 1800 g/mol. The fraction of sp³-hybridized carbons (Fsp3) is 0.742. The summed E-state index contributed by atoms with van der Waals surface area (Å²) in [7, 11) is 10.6. The zero-order valence-electron chi connectivity index (χ0n) is 74.4. The summed E-state index contributed by atoms with van der Waals surface area (Å²) in [5.41, 5.74) is 2.12. The van der Waals surface area contributed by atoms with Crippen LogP contribution in [0.4, 0.5) is 0 Å². The van der Waals surface area contributed by atoms with E-state index in [0.717, 1.165) is 178 Å². The molecule has 0 saturated heterocycles.